The van der Waals surface area contributed by atoms with Gasteiger partial charge >= 0.3 is 0 Å². The molecule has 1 atom stereocenters. The minimum Gasteiger partial charge on any atom is -0.0916 e. The maximum absolute atomic E-state index is 6.09. The van der Waals surface area contributed by atoms with E-state index in [2.05, 4.69) is 19.1 Å². The summed E-state index contributed by atoms with van der Waals surface area (Å²) in [6.07, 6.45) is 5.22. The zero-order valence-corrected chi connectivity index (χ0v) is 9.94. The van der Waals surface area contributed by atoms with Crippen LogP contribution < -0.4 is 0 Å². The number of hydrogen-bond acceptors (Lipinski definition) is 0. The molecule has 0 spiro atoms. The maximum atomic E-state index is 6.09. The predicted octanol–water partition coefficient (Wildman–Crippen LogP) is 5.06. The van der Waals surface area contributed by atoms with E-state index in [1.165, 1.54) is 0 Å². The van der Waals surface area contributed by atoms with E-state index in [1.54, 1.807) is 6.07 Å². The van der Waals surface area contributed by atoms with Gasteiger partial charge in [0.1, 0.15) is 0 Å². The van der Waals surface area contributed by atoms with Crippen molar-refractivity contribution in [1.29, 1.82) is 0 Å². The Kier molecular flexibility index (Phi) is 4.50. The molecule has 0 amide bonds. The maximum Gasteiger partial charge on any atom is 0.0455 e. The van der Waals surface area contributed by atoms with E-state index in [4.69, 9.17) is 23.2 Å². The summed E-state index contributed by atoms with van der Waals surface area (Å²) in [6.45, 7) is 4.19. The van der Waals surface area contributed by atoms with Gasteiger partial charge in [-0.25, -0.2) is 0 Å². The summed E-state index contributed by atoms with van der Waals surface area (Å²) >= 11 is 11.9. The van der Waals surface area contributed by atoms with Crippen molar-refractivity contribution in [3.8, 4) is 0 Å². The van der Waals surface area contributed by atoms with E-state index in [0.29, 0.717) is 10.9 Å². The molecule has 0 saturated heterocycles. The van der Waals surface area contributed by atoms with E-state index in [-0.39, 0.29) is 0 Å². The first-order chi connectivity index (χ1) is 6.65. The highest BCUT2D eigenvalue weighted by Crippen LogP contribution is 2.29. The van der Waals surface area contributed by atoms with E-state index in [0.717, 1.165) is 17.0 Å². The lowest BCUT2D eigenvalue weighted by Crippen LogP contribution is -1.92. The van der Waals surface area contributed by atoms with Gasteiger partial charge in [-0.2, -0.15) is 0 Å². The van der Waals surface area contributed by atoms with Crippen molar-refractivity contribution in [1.82, 2.24) is 0 Å². The quantitative estimate of drug-likeness (QED) is 0.635. The summed E-state index contributed by atoms with van der Waals surface area (Å²) in [5.41, 5.74) is 1.16. The molecular weight excluding hydrogens is 215 g/mol. The fourth-order valence-corrected chi connectivity index (χ4v) is 1.96. The van der Waals surface area contributed by atoms with Gasteiger partial charge in [0.05, 0.1) is 0 Å². The van der Waals surface area contributed by atoms with Crippen molar-refractivity contribution in [3.05, 3.63) is 46.0 Å². The second-order valence-electron chi connectivity index (χ2n) is 3.37. The SMILES string of the molecule is C/C=C\CC(C)c1ccc(Cl)cc1Cl. The van der Waals surface area contributed by atoms with Gasteiger partial charge in [-0.3, -0.25) is 0 Å². The summed E-state index contributed by atoms with van der Waals surface area (Å²) in [4.78, 5) is 0. The zero-order valence-electron chi connectivity index (χ0n) is 8.43. The zero-order chi connectivity index (χ0) is 10.6. The molecule has 1 unspecified atom stereocenters. The molecule has 0 aliphatic carbocycles. The summed E-state index contributed by atoms with van der Waals surface area (Å²) in [6, 6.07) is 5.68. The molecule has 0 bridgehead atoms. The molecule has 1 aromatic rings. The van der Waals surface area contributed by atoms with Gasteiger partial charge in [-0.05, 0) is 37.0 Å². The number of rotatable bonds is 3. The Bertz CT molecular complexity index is 329. The predicted molar refractivity (Wildman–Crippen MR) is 64.3 cm³/mol. The molecule has 0 fully saturated rings. The number of allylic oxidation sites excluding steroid dienone is 2. The fraction of sp³-hybridized carbons (Fsp3) is 0.333. The highest BCUT2D eigenvalue weighted by atomic mass is 35.5. The van der Waals surface area contributed by atoms with Crippen molar-refractivity contribution in [2.75, 3.05) is 0 Å². The molecule has 0 aromatic heterocycles. The van der Waals surface area contributed by atoms with Crippen LogP contribution in [0.1, 0.15) is 31.7 Å². The lowest BCUT2D eigenvalue weighted by atomic mass is 9.98. The van der Waals surface area contributed by atoms with Crippen molar-refractivity contribution >= 4 is 23.2 Å². The third-order valence-electron chi connectivity index (χ3n) is 2.22. The topological polar surface area (TPSA) is 0 Å². The molecule has 0 aliphatic heterocycles. The summed E-state index contributed by atoms with van der Waals surface area (Å²) in [5.74, 6) is 0.441. The Morgan fingerprint density at radius 1 is 1.36 bits per heavy atom. The molecule has 0 N–H and O–H groups in total. The van der Waals surface area contributed by atoms with Crippen molar-refractivity contribution in [2.24, 2.45) is 0 Å². The number of benzene rings is 1. The first-order valence-electron chi connectivity index (χ1n) is 4.71. The monoisotopic (exact) mass is 228 g/mol. The van der Waals surface area contributed by atoms with Gasteiger partial charge in [0.25, 0.3) is 0 Å². The van der Waals surface area contributed by atoms with Crippen LogP contribution in [0.4, 0.5) is 0 Å². The molecule has 0 radical (unpaired) electrons. The third-order valence-corrected chi connectivity index (χ3v) is 2.78. The first-order valence-corrected chi connectivity index (χ1v) is 5.47. The van der Waals surface area contributed by atoms with E-state index in [1.807, 2.05) is 19.1 Å². The van der Waals surface area contributed by atoms with Crippen LogP contribution in [0.25, 0.3) is 0 Å². The van der Waals surface area contributed by atoms with Crippen LogP contribution in [0.3, 0.4) is 0 Å². The van der Waals surface area contributed by atoms with E-state index in [9.17, 15) is 0 Å². The van der Waals surface area contributed by atoms with Crippen molar-refractivity contribution in [2.45, 2.75) is 26.2 Å². The average molecular weight is 229 g/mol. The first kappa shape index (κ1) is 11.6. The Labute approximate surface area is 95.5 Å². The van der Waals surface area contributed by atoms with E-state index >= 15 is 0 Å². The Morgan fingerprint density at radius 2 is 2.07 bits per heavy atom. The Hall–Kier alpha value is -0.460. The molecule has 14 heavy (non-hydrogen) atoms. The molecule has 76 valence electrons. The van der Waals surface area contributed by atoms with Crippen LogP contribution in [-0.2, 0) is 0 Å². The molecule has 1 aromatic carbocycles. The van der Waals surface area contributed by atoms with Crippen LogP contribution in [0.15, 0.2) is 30.4 Å². The summed E-state index contributed by atoms with van der Waals surface area (Å²) < 4.78 is 0. The van der Waals surface area contributed by atoms with Crippen molar-refractivity contribution in [3.63, 3.8) is 0 Å². The van der Waals surface area contributed by atoms with Gasteiger partial charge in [0.2, 0.25) is 0 Å². The normalized spacial score (nSPS) is 13.4. The molecule has 1 rings (SSSR count). The molecule has 0 aliphatic rings. The van der Waals surface area contributed by atoms with Gasteiger partial charge in [0.15, 0.2) is 0 Å². The lowest BCUT2D eigenvalue weighted by Gasteiger charge is -2.11. The van der Waals surface area contributed by atoms with Crippen molar-refractivity contribution < 1.29 is 0 Å². The summed E-state index contributed by atoms with van der Waals surface area (Å²) in [7, 11) is 0. The van der Waals surface area contributed by atoms with Gasteiger partial charge in [-0.15, -0.1) is 0 Å². The van der Waals surface area contributed by atoms with Crippen LogP contribution in [0.2, 0.25) is 10.0 Å². The highest BCUT2D eigenvalue weighted by Gasteiger charge is 2.08. The smallest absolute Gasteiger partial charge is 0.0455 e. The van der Waals surface area contributed by atoms with Gasteiger partial charge in [-0.1, -0.05) is 48.3 Å². The standard InChI is InChI=1S/C12H14Cl2/c1-3-4-5-9(2)11-7-6-10(13)8-12(11)14/h3-4,6-9H,5H2,1-2H3/b4-3-. The van der Waals surface area contributed by atoms with Crippen LogP contribution >= 0.6 is 23.2 Å². The molecular formula is C12H14Cl2. The molecule has 2 heteroatoms. The molecule has 0 heterocycles. The van der Waals surface area contributed by atoms with Crippen LogP contribution in [0.5, 0.6) is 0 Å². The highest BCUT2D eigenvalue weighted by molar-refractivity contribution is 6.35. The van der Waals surface area contributed by atoms with Gasteiger partial charge < -0.3 is 0 Å². The Balaban J connectivity index is 2.84. The van der Waals surface area contributed by atoms with Gasteiger partial charge in [0, 0.05) is 10.0 Å². The summed E-state index contributed by atoms with van der Waals surface area (Å²) in [5, 5.41) is 1.45. The largest absolute Gasteiger partial charge is 0.0916 e. The minimum atomic E-state index is 0.441. The molecule has 0 nitrogen and oxygen atoms in total. The fourth-order valence-electron chi connectivity index (χ4n) is 1.37. The second-order valence-corrected chi connectivity index (χ2v) is 4.22. The Morgan fingerprint density at radius 3 is 2.64 bits per heavy atom. The number of hydrogen-bond donors (Lipinski definition) is 0. The van der Waals surface area contributed by atoms with E-state index < -0.39 is 0 Å². The van der Waals surface area contributed by atoms with Crippen LogP contribution in [-0.4, -0.2) is 0 Å². The minimum absolute atomic E-state index is 0.441. The van der Waals surface area contributed by atoms with Crippen LogP contribution in [0, 0.1) is 0 Å². The average Bonchev–Trinajstić information content (AvgIpc) is 2.14. The third kappa shape index (κ3) is 3.04. The lowest BCUT2D eigenvalue weighted by molar-refractivity contribution is 0.780. The molecule has 0 saturated carbocycles. The second kappa shape index (κ2) is 5.43. The number of halogens is 2.